The van der Waals surface area contributed by atoms with E-state index in [4.69, 9.17) is 22.1 Å². The molecule has 5 rings (SSSR count). The van der Waals surface area contributed by atoms with Gasteiger partial charge in [0.2, 0.25) is 0 Å². The number of aryl methyl sites for hydroxylation is 1. The lowest BCUT2D eigenvalue weighted by Gasteiger charge is -2.28. The molecule has 0 bridgehead atoms. The van der Waals surface area contributed by atoms with Crippen molar-refractivity contribution in [3.63, 3.8) is 0 Å². The number of benzene rings is 2. The summed E-state index contributed by atoms with van der Waals surface area (Å²) >= 11 is 6.38. The summed E-state index contributed by atoms with van der Waals surface area (Å²) in [5.41, 5.74) is 10.1. The maximum atomic E-state index is 13.6. The minimum atomic E-state index is -0.827. The molecule has 0 saturated carbocycles. The Bertz CT molecular complexity index is 1470. The number of rotatable bonds is 10. The van der Waals surface area contributed by atoms with E-state index in [0.29, 0.717) is 34.0 Å². The third-order valence-electron chi connectivity index (χ3n) is 6.30. The highest BCUT2D eigenvalue weighted by molar-refractivity contribution is 6.33. The molecule has 0 saturated heterocycles. The monoisotopic (exact) mass is 532 g/mol. The number of hydrogen-bond acceptors (Lipinski definition) is 8. The van der Waals surface area contributed by atoms with Crippen molar-refractivity contribution in [3.8, 4) is 22.5 Å². The predicted octanol–water partition coefficient (Wildman–Crippen LogP) is 3.51. The van der Waals surface area contributed by atoms with E-state index in [1.165, 1.54) is 11.2 Å². The molecule has 12 heteroatoms. The summed E-state index contributed by atoms with van der Waals surface area (Å²) < 4.78 is 6.98. The molecular weight excluding hydrogens is 508 g/mol. The van der Waals surface area contributed by atoms with Crippen LogP contribution in [0.15, 0.2) is 66.2 Å². The summed E-state index contributed by atoms with van der Waals surface area (Å²) in [6.07, 6.45) is 6.18. The van der Waals surface area contributed by atoms with E-state index in [2.05, 4.69) is 32.2 Å². The Labute approximate surface area is 223 Å². The van der Waals surface area contributed by atoms with E-state index < -0.39 is 12.1 Å². The summed E-state index contributed by atoms with van der Waals surface area (Å²) in [7, 11) is 0. The van der Waals surface area contributed by atoms with Crippen LogP contribution in [0.25, 0.3) is 22.5 Å². The number of ether oxygens (including phenoxy) is 1. The number of halogens is 1. The maximum absolute atomic E-state index is 13.6. The van der Waals surface area contributed by atoms with Crippen LogP contribution in [-0.4, -0.2) is 54.8 Å². The molecule has 11 nitrogen and oxygen atoms in total. The molecule has 0 fully saturated rings. The van der Waals surface area contributed by atoms with E-state index in [-0.39, 0.29) is 18.5 Å². The molecule has 3 N–H and O–H groups in total. The first-order chi connectivity index (χ1) is 18.5. The molecule has 1 aliphatic heterocycles. The van der Waals surface area contributed by atoms with Gasteiger partial charge in [-0.25, -0.2) is 9.98 Å². The lowest BCUT2D eigenvalue weighted by atomic mass is 10.00. The predicted molar refractivity (Wildman–Crippen MR) is 141 cm³/mol. The van der Waals surface area contributed by atoms with E-state index in [0.717, 1.165) is 24.1 Å². The van der Waals surface area contributed by atoms with E-state index in [9.17, 15) is 9.59 Å². The average Bonchev–Trinajstić information content (AvgIpc) is 3.68. The number of guanidine groups is 1. The molecule has 2 atom stereocenters. The van der Waals surface area contributed by atoms with Gasteiger partial charge in [0.25, 0.3) is 12.4 Å². The van der Waals surface area contributed by atoms with Crippen molar-refractivity contribution < 1.29 is 14.3 Å². The van der Waals surface area contributed by atoms with Gasteiger partial charge in [0.15, 0.2) is 17.8 Å². The van der Waals surface area contributed by atoms with Crippen molar-refractivity contribution in [2.75, 3.05) is 6.61 Å². The van der Waals surface area contributed by atoms with E-state index >= 15 is 0 Å². The molecule has 2 aromatic carbocycles. The van der Waals surface area contributed by atoms with E-state index in [1.54, 1.807) is 18.2 Å². The molecule has 38 heavy (non-hydrogen) atoms. The number of carbonyl (C=O) groups is 2. The van der Waals surface area contributed by atoms with Crippen LogP contribution < -0.4 is 5.73 Å². The van der Waals surface area contributed by atoms with Crippen molar-refractivity contribution in [1.82, 2.24) is 29.9 Å². The van der Waals surface area contributed by atoms with Gasteiger partial charge in [0.05, 0.1) is 17.3 Å². The number of aromatic nitrogens is 5. The van der Waals surface area contributed by atoms with Crippen LogP contribution in [0.2, 0.25) is 5.02 Å². The fraction of sp³-hybridized carbons (Fsp3) is 0.231. The largest absolute Gasteiger partial charge is 0.465 e. The van der Waals surface area contributed by atoms with Crippen molar-refractivity contribution in [2.45, 2.75) is 32.0 Å². The second-order valence-electron chi connectivity index (χ2n) is 8.73. The number of H-pyrrole nitrogens is 1. The van der Waals surface area contributed by atoms with Gasteiger partial charge in [-0.2, -0.15) is 10.2 Å². The zero-order chi connectivity index (χ0) is 26.6. The van der Waals surface area contributed by atoms with Crippen LogP contribution in [0, 0.1) is 0 Å². The first kappa shape index (κ1) is 25.2. The smallest absolute Gasteiger partial charge is 0.293 e. The quantitative estimate of drug-likeness (QED) is 0.297. The second-order valence-corrected chi connectivity index (χ2v) is 9.14. The number of nitrogens with two attached hydrogens (primary N) is 1. The number of aromatic amines is 1. The molecule has 1 amide bonds. The van der Waals surface area contributed by atoms with Gasteiger partial charge < -0.3 is 10.5 Å². The second kappa shape index (κ2) is 10.9. The average molecular weight is 533 g/mol. The maximum Gasteiger partial charge on any atom is 0.293 e. The van der Waals surface area contributed by atoms with Gasteiger partial charge in [-0.1, -0.05) is 48.9 Å². The molecule has 3 heterocycles. The summed E-state index contributed by atoms with van der Waals surface area (Å²) in [5.74, 6) is 0.154. The van der Waals surface area contributed by atoms with Crippen LogP contribution in [-0.2, 0) is 20.9 Å². The summed E-state index contributed by atoms with van der Waals surface area (Å²) in [5, 5.41) is 11.5. The number of amides is 1. The Morgan fingerprint density at radius 1 is 1.21 bits per heavy atom. The Morgan fingerprint density at radius 3 is 2.74 bits per heavy atom. The molecule has 1 aliphatic rings. The number of nitrogens with one attached hydrogen (secondary N) is 1. The van der Waals surface area contributed by atoms with Crippen molar-refractivity contribution in [3.05, 3.63) is 77.3 Å². The summed E-state index contributed by atoms with van der Waals surface area (Å²) in [6.45, 7) is 3.15. The van der Waals surface area contributed by atoms with Gasteiger partial charge in [0, 0.05) is 23.9 Å². The van der Waals surface area contributed by atoms with Crippen molar-refractivity contribution >= 4 is 29.9 Å². The Kier molecular flexibility index (Phi) is 7.18. The lowest BCUT2D eigenvalue weighted by Crippen LogP contribution is -2.42. The van der Waals surface area contributed by atoms with Crippen molar-refractivity contribution in [2.24, 2.45) is 10.7 Å². The minimum Gasteiger partial charge on any atom is -0.465 e. The molecule has 0 aliphatic carbocycles. The first-order valence-electron chi connectivity index (χ1n) is 12.0. The van der Waals surface area contributed by atoms with Crippen LogP contribution in [0.4, 0.5) is 0 Å². The van der Waals surface area contributed by atoms with Crippen molar-refractivity contribution in [1.29, 1.82) is 0 Å². The molecule has 4 aromatic rings. The fourth-order valence-corrected chi connectivity index (χ4v) is 4.67. The summed E-state index contributed by atoms with van der Waals surface area (Å²) in [6, 6.07) is 11.2. The number of nitrogens with zero attached hydrogens (tertiary/aromatic N) is 6. The highest BCUT2D eigenvalue weighted by Gasteiger charge is 2.40. The van der Waals surface area contributed by atoms with Crippen LogP contribution >= 0.6 is 11.6 Å². The molecule has 194 valence electrons. The number of hydrogen-bond donors (Lipinski definition) is 2. The van der Waals surface area contributed by atoms with Crippen LogP contribution in [0.5, 0.6) is 0 Å². The van der Waals surface area contributed by atoms with Gasteiger partial charge in [-0.3, -0.25) is 24.3 Å². The normalized spacial score (nSPS) is 15.9. The number of carbonyl (C=O) groups excluding carboxylic acids is 2. The third kappa shape index (κ3) is 4.88. The zero-order valence-corrected chi connectivity index (χ0v) is 21.2. The first-order valence-corrected chi connectivity index (χ1v) is 12.4. The summed E-state index contributed by atoms with van der Waals surface area (Å²) in [4.78, 5) is 34.6. The Balaban J connectivity index is 1.42. The van der Waals surface area contributed by atoms with Crippen LogP contribution in [0.3, 0.4) is 0 Å². The number of aliphatic imine (C=N–C) groups is 1. The molecule has 2 aromatic heterocycles. The third-order valence-corrected chi connectivity index (χ3v) is 6.63. The van der Waals surface area contributed by atoms with Gasteiger partial charge in [-0.05, 0) is 35.2 Å². The van der Waals surface area contributed by atoms with Gasteiger partial charge in [-0.15, -0.1) is 0 Å². The Morgan fingerprint density at radius 2 is 2.03 bits per heavy atom. The van der Waals surface area contributed by atoms with Gasteiger partial charge >= 0.3 is 0 Å². The molecule has 0 unspecified atom stereocenters. The highest BCUT2D eigenvalue weighted by atomic mass is 35.5. The standard InChI is InChI=1S/C26H25ClN8O3/c1-2-9-34-12-19(11-31-34)16-3-5-17(6-4-16)23-25(37)35(26(28)32-23)22(13-38-15-36)18-7-8-21(27)20(10-18)24-29-14-30-33-24/h3-8,10-12,14-15,22-23H,2,9,13H2,1H3,(H2,28,32)(H,29,30,33)/t22-,23-/m1/s1. The lowest BCUT2D eigenvalue weighted by molar-refractivity contribution is -0.135. The topological polar surface area (TPSA) is 144 Å². The minimum absolute atomic E-state index is 0.0283. The van der Waals surface area contributed by atoms with Gasteiger partial charge in [0.1, 0.15) is 12.9 Å². The fourth-order valence-electron chi connectivity index (χ4n) is 4.46. The van der Waals surface area contributed by atoms with E-state index in [1.807, 2.05) is 41.3 Å². The molecule has 0 spiro atoms. The molecular formula is C26H25ClN8O3. The van der Waals surface area contributed by atoms with Crippen LogP contribution in [0.1, 0.15) is 36.6 Å². The molecule has 0 radical (unpaired) electrons. The highest BCUT2D eigenvalue weighted by Crippen LogP contribution is 2.35. The zero-order valence-electron chi connectivity index (χ0n) is 20.5. The SMILES string of the molecule is CCCn1cc(-c2ccc([C@H]3N=C(N)N([C@H](COC=O)c4ccc(Cl)c(-c5ncn[nH]5)c4)C3=O)cc2)cn1. The Hall–Kier alpha value is -4.51.